The molecule has 4 atom stereocenters. The van der Waals surface area contributed by atoms with Gasteiger partial charge in [0.25, 0.3) is 18.3 Å². The quantitative estimate of drug-likeness (QED) is 0.0505. The summed E-state index contributed by atoms with van der Waals surface area (Å²) < 4.78 is 70.8. The Hall–Kier alpha value is -6.95. The van der Waals surface area contributed by atoms with Crippen molar-refractivity contribution in [2.75, 3.05) is 70.9 Å². The van der Waals surface area contributed by atoms with Crippen LogP contribution in [0.1, 0.15) is 90.8 Å². The Morgan fingerprint density at radius 3 is 2.42 bits per heavy atom. The second-order valence-corrected chi connectivity index (χ2v) is 21.4. The number of alkyl halides is 2. The van der Waals surface area contributed by atoms with E-state index in [1.165, 1.54) is 42.4 Å². The number of benzene rings is 3. The average molecular weight is 1050 g/mol. The van der Waals surface area contributed by atoms with Gasteiger partial charge in [-0.1, -0.05) is 24.1 Å². The first-order valence-corrected chi connectivity index (χ1v) is 26.1. The summed E-state index contributed by atoms with van der Waals surface area (Å²) >= 11 is 0. The largest absolute Gasteiger partial charge is 0.508 e. The third kappa shape index (κ3) is 10.6. The Morgan fingerprint density at radius 1 is 1.00 bits per heavy atom. The topological polar surface area (TPSA) is 194 Å². The Balaban J connectivity index is 0.00000214. The number of carbonyl (C=O) groups is 4. The van der Waals surface area contributed by atoms with Crippen LogP contribution in [0.15, 0.2) is 48.7 Å². The number of halogens is 4. The van der Waals surface area contributed by atoms with E-state index in [4.69, 9.17) is 26.0 Å². The maximum Gasteiger partial charge on any atom is 0.319 e. The van der Waals surface area contributed by atoms with Crippen LogP contribution in [-0.4, -0.2) is 154 Å². The number of amides is 2. The van der Waals surface area contributed by atoms with Gasteiger partial charge in [-0.3, -0.25) is 24.3 Å². The summed E-state index contributed by atoms with van der Waals surface area (Å²) in [5, 5.41) is 24.8. The molecule has 5 aliphatic heterocycles. The molecule has 76 heavy (non-hydrogen) atoms. The van der Waals surface area contributed by atoms with E-state index in [0.717, 1.165) is 58.2 Å². The molecule has 16 nitrogen and oxygen atoms in total. The molecular formula is C56H61F4N9O7. The highest BCUT2D eigenvalue weighted by molar-refractivity contribution is 6.03. The molecule has 2 bridgehead atoms. The Bertz CT molecular complexity index is 3100. The number of aromatic hydroxyl groups is 1. The van der Waals surface area contributed by atoms with E-state index in [1.807, 2.05) is 4.90 Å². The molecule has 400 valence electrons. The Morgan fingerprint density at radius 2 is 1.74 bits per heavy atom. The molecule has 4 unspecified atom stereocenters. The molecule has 1 saturated carbocycles. The number of pyridine rings is 1. The molecular weight excluding hydrogens is 987 g/mol. The van der Waals surface area contributed by atoms with Gasteiger partial charge < -0.3 is 45.1 Å². The molecule has 0 radical (unpaired) electrons. The van der Waals surface area contributed by atoms with Gasteiger partial charge in [0.15, 0.2) is 5.82 Å². The number of aldehydes is 1. The first-order valence-electron chi connectivity index (χ1n) is 26.1. The number of terminal acetylenes is 1. The van der Waals surface area contributed by atoms with Crippen LogP contribution in [0.25, 0.3) is 32.9 Å². The van der Waals surface area contributed by atoms with E-state index in [0.29, 0.717) is 72.4 Å². The summed E-state index contributed by atoms with van der Waals surface area (Å²) in [6, 6.07) is 10.2. The lowest BCUT2D eigenvalue weighted by Crippen LogP contribution is -2.51. The fraction of sp³-hybridized carbons (Fsp3) is 0.482. The minimum absolute atomic E-state index is 0.00462. The molecule has 20 heteroatoms. The van der Waals surface area contributed by atoms with Gasteiger partial charge in [-0.15, -0.1) is 6.42 Å². The van der Waals surface area contributed by atoms with Crippen LogP contribution >= 0.6 is 0 Å². The van der Waals surface area contributed by atoms with Gasteiger partial charge >= 0.3 is 6.01 Å². The fourth-order valence-electron chi connectivity index (χ4n) is 12.3. The maximum absolute atomic E-state index is 17.1. The third-order valence-electron chi connectivity index (χ3n) is 16.4. The van der Waals surface area contributed by atoms with Crippen LogP contribution in [0.4, 0.5) is 23.4 Å². The lowest BCUT2D eigenvalue weighted by molar-refractivity contribution is -0.123. The summed E-state index contributed by atoms with van der Waals surface area (Å²) in [6.07, 6.45) is 14.2. The van der Waals surface area contributed by atoms with E-state index in [2.05, 4.69) is 36.3 Å². The molecule has 2 aromatic heterocycles. The van der Waals surface area contributed by atoms with Crippen molar-refractivity contribution in [3.05, 3.63) is 82.5 Å². The molecule has 5 fully saturated rings. The number of ether oxygens (including phenoxy) is 1. The van der Waals surface area contributed by atoms with Crippen LogP contribution in [0.5, 0.6) is 11.8 Å². The number of likely N-dealkylation sites (tertiary alicyclic amines) is 2. The third-order valence-corrected chi connectivity index (χ3v) is 16.4. The molecule has 4 N–H and O–H groups in total. The lowest BCUT2D eigenvalue weighted by Gasteiger charge is -2.41. The number of rotatable bonds is 15. The second-order valence-electron chi connectivity index (χ2n) is 21.4. The normalized spacial score (nSPS) is 22.4. The zero-order chi connectivity index (χ0) is 53.5. The number of nitrogens with one attached hydrogen (secondary N) is 2. The van der Waals surface area contributed by atoms with Crippen molar-refractivity contribution in [3.8, 4) is 35.4 Å². The number of aromatic nitrogens is 3. The Labute approximate surface area is 437 Å². The summed E-state index contributed by atoms with van der Waals surface area (Å²) in [7, 11) is 1.51. The van der Waals surface area contributed by atoms with Crippen LogP contribution in [-0.2, 0) is 20.9 Å². The number of piperidine rings is 2. The summed E-state index contributed by atoms with van der Waals surface area (Å²) in [5.41, 5.74) is 1.30. The molecule has 2 amide bonds. The van der Waals surface area contributed by atoms with E-state index < -0.39 is 29.5 Å². The number of phenols is 1. The van der Waals surface area contributed by atoms with Crippen molar-refractivity contribution >= 4 is 52.1 Å². The minimum atomic E-state index is -2.98. The van der Waals surface area contributed by atoms with Crippen LogP contribution in [0, 0.1) is 35.3 Å². The zero-order valence-corrected chi connectivity index (χ0v) is 42.3. The van der Waals surface area contributed by atoms with E-state index in [-0.39, 0.29) is 114 Å². The van der Waals surface area contributed by atoms with Crippen molar-refractivity contribution in [2.45, 2.75) is 94.3 Å². The molecule has 6 aliphatic rings. The highest BCUT2D eigenvalue weighted by Gasteiger charge is 2.48. The van der Waals surface area contributed by atoms with Crippen molar-refractivity contribution < 1.29 is 51.7 Å². The molecule has 5 aromatic rings. The number of carbonyl (C=O) groups excluding carboxylic acids is 3. The second kappa shape index (κ2) is 21.6. The first kappa shape index (κ1) is 52.5. The van der Waals surface area contributed by atoms with Crippen LogP contribution in [0.3, 0.4) is 0 Å². The number of hydrogen-bond donors (Lipinski definition) is 4. The SMILES string of the molecule is C#Cc1c(F)ccc2cc(O)cc(-c3ncc4c(N5CC6CCC(C5)N6)nc(OCC5(CN6CCC(CN7CCC(c8ccc9c(c8)CN(C(C=O)CCC(=O)NC)C9=O)C(F)(F)C7)CC6)CC5)nc4c3F)c12.O=CO. The first-order chi connectivity index (χ1) is 36.6. The summed E-state index contributed by atoms with van der Waals surface area (Å²) in [6.45, 7) is 4.79. The van der Waals surface area contributed by atoms with Gasteiger partial charge in [0.05, 0.1) is 36.1 Å². The molecule has 3 aromatic carbocycles. The van der Waals surface area contributed by atoms with E-state index in [9.17, 15) is 19.5 Å². The van der Waals surface area contributed by atoms with Gasteiger partial charge in [-0.25, -0.2) is 17.6 Å². The number of fused-ring (bicyclic) bond motifs is 5. The number of anilines is 1. The van der Waals surface area contributed by atoms with Crippen molar-refractivity contribution in [2.24, 2.45) is 11.3 Å². The Kier molecular flexibility index (Phi) is 14.9. The van der Waals surface area contributed by atoms with Gasteiger partial charge in [0, 0.05) is 86.4 Å². The number of piperazine rings is 1. The standard InChI is InChI=1S/C55H59F4N9O5.CH2O2/c1-3-40-45(56)10-5-34-21-39(70)22-42(47(34)40)49-48(57)50-43(23-61-49)51(67-26-36-6-7-37(27-67)62-36)64-53(63-50)73-31-54(15-16-54)29-65-17-12-32(13-18-65)24-66-19-14-44(55(58,59)30-66)33-4-9-41-35(20-33)25-68(52(41)72)38(28-69)8-11-46(71)60-2;2-1-3/h1,4-5,9-10,20-23,28,32,36-38,44,62,70H,6-8,11-19,24-27,29-31H2,2H3,(H,60,71);1H,(H,2,3). The highest BCUT2D eigenvalue weighted by atomic mass is 19.3. The van der Waals surface area contributed by atoms with Gasteiger partial charge in [-0.05, 0) is 118 Å². The number of hydrogen-bond acceptors (Lipinski definition) is 13. The van der Waals surface area contributed by atoms with Crippen molar-refractivity contribution in [3.63, 3.8) is 0 Å². The average Bonchev–Trinajstić information content (AvgIpc) is 4.01. The number of carboxylic acid groups (broad SMARTS) is 1. The maximum atomic E-state index is 17.1. The van der Waals surface area contributed by atoms with Gasteiger partial charge in [0.2, 0.25) is 5.91 Å². The minimum Gasteiger partial charge on any atom is -0.508 e. The van der Waals surface area contributed by atoms with Gasteiger partial charge in [0.1, 0.15) is 34.9 Å². The molecule has 1 aliphatic carbocycles. The van der Waals surface area contributed by atoms with E-state index in [1.54, 1.807) is 18.2 Å². The smallest absolute Gasteiger partial charge is 0.319 e. The molecule has 11 rings (SSSR count). The van der Waals surface area contributed by atoms with Crippen molar-refractivity contribution in [1.82, 2.24) is 40.3 Å². The summed E-state index contributed by atoms with van der Waals surface area (Å²) in [5.74, 6) is -2.93. The fourth-order valence-corrected chi connectivity index (χ4v) is 12.3. The van der Waals surface area contributed by atoms with Crippen LogP contribution < -0.4 is 20.3 Å². The van der Waals surface area contributed by atoms with Gasteiger partial charge in [-0.2, -0.15) is 9.97 Å². The van der Waals surface area contributed by atoms with Crippen molar-refractivity contribution in [1.29, 1.82) is 0 Å². The predicted molar refractivity (Wildman–Crippen MR) is 275 cm³/mol. The predicted octanol–water partition coefficient (Wildman–Crippen LogP) is 6.50. The molecule has 4 saturated heterocycles. The summed E-state index contributed by atoms with van der Waals surface area (Å²) in [4.78, 5) is 67.3. The number of phenolic OH excluding ortho intramolecular Hbond substituents is 1. The number of nitrogens with zero attached hydrogens (tertiary/aromatic N) is 7. The van der Waals surface area contributed by atoms with E-state index >= 15 is 17.6 Å². The molecule has 7 heterocycles. The highest BCUT2D eigenvalue weighted by Crippen LogP contribution is 2.48. The zero-order valence-electron chi connectivity index (χ0n) is 42.3. The molecule has 0 spiro atoms. The van der Waals surface area contributed by atoms with Crippen LogP contribution in [0.2, 0.25) is 0 Å². The monoisotopic (exact) mass is 1050 g/mol. The lowest BCUT2D eigenvalue weighted by atomic mass is 9.84.